The Morgan fingerprint density at radius 3 is 2.85 bits per heavy atom. The first-order chi connectivity index (χ1) is 9.63. The lowest BCUT2D eigenvalue weighted by Gasteiger charge is -2.33. The Hall–Kier alpha value is -1.55. The Morgan fingerprint density at radius 1 is 1.40 bits per heavy atom. The molecule has 2 rings (SSSR count). The molecule has 0 N–H and O–H groups in total. The number of methoxy groups -OCH3 is 1. The van der Waals surface area contributed by atoms with Crippen molar-refractivity contribution in [3.8, 4) is 11.5 Å². The average molecular weight is 277 g/mol. The number of rotatable bonds is 5. The van der Waals surface area contributed by atoms with E-state index in [9.17, 15) is 4.79 Å². The first-order valence-electron chi connectivity index (χ1n) is 7.12. The predicted molar refractivity (Wildman–Crippen MR) is 78.7 cm³/mol. The average Bonchev–Trinajstić information content (AvgIpc) is 2.47. The van der Waals surface area contributed by atoms with Crippen LogP contribution < -0.4 is 9.47 Å². The van der Waals surface area contributed by atoms with Crippen LogP contribution in [0.4, 0.5) is 0 Å². The smallest absolute Gasteiger partial charge is 0.162 e. The third-order valence-corrected chi connectivity index (χ3v) is 3.96. The number of piperidine rings is 1. The van der Waals surface area contributed by atoms with Crippen LogP contribution in [0.3, 0.4) is 0 Å². The second-order valence-corrected chi connectivity index (χ2v) is 5.52. The summed E-state index contributed by atoms with van der Waals surface area (Å²) >= 11 is 0. The van der Waals surface area contributed by atoms with Crippen molar-refractivity contribution in [2.45, 2.75) is 25.9 Å². The van der Waals surface area contributed by atoms with Gasteiger partial charge in [0.2, 0.25) is 0 Å². The minimum absolute atomic E-state index is 0.105. The van der Waals surface area contributed by atoms with Gasteiger partial charge in [-0.3, -0.25) is 4.79 Å². The Morgan fingerprint density at radius 2 is 2.20 bits per heavy atom. The van der Waals surface area contributed by atoms with Crippen LogP contribution in [0.25, 0.3) is 0 Å². The standard InChI is InChI=1S/C16H23NO3/c1-12(14-5-4-8-17(2)10-14)20-16-9-13(11-18)6-7-15(16)19-3/h6-7,9,11-12,14H,4-5,8,10H2,1-3H3. The molecular formula is C16H23NO3. The summed E-state index contributed by atoms with van der Waals surface area (Å²) < 4.78 is 11.4. The fraction of sp³-hybridized carbons (Fsp3) is 0.562. The van der Waals surface area contributed by atoms with Crippen molar-refractivity contribution in [2.24, 2.45) is 5.92 Å². The van der Waals surface area contributed by atoms with E-state index >= 15 is 0 Å². The largest absolute Gasteiger partial charge is 0.493 e. The van der Waals surface area contributed by atoms with Crippen LogP contribution in [0.2, 0.25) is 0 Å². The number of ether oxygens (including phenoxy) is 2. The van der Waals surface area contributed by atoms with Crippen molar-refractivity contribution < 1.29 is 14.3 Å². The second kappa shape index (κ2) is 6.75. The van der Waals surface area contributed by atoms with Crippen molar-refractivity contribution in [2.75, 3.05) is 27.2 Å². The summed E-state index contributed by atoms with van der Waals surface area (Å²) in [5.41, 5.74) is 0.605. The van der Waals surface area contributed by atoms with Crippen molar-refractivity contribution >= 4 is 6.29 Å². The number of likely N-dealkylation sites (tertiary alicyclic amines) is 1. The minimum Gasteiger partial charge on any atom is -0.493 e. The van der Waals surface area contributed by atoms with Gasteiger partial charge in [-0.25, -0.2) is 0 Å². The molecule has 0 saturated carbocycles. The van der Waals surface area contributed by atoms with Crippen LogP contribution >= 0.6 is 0 Å². The fourth-order valence-corrected chi connectivity index (χ4v) is 2.74. The first-order valence-corrected chi connectivity index (χ1v) is 7.12. The summed E-state index contributed by atoms with van der Waals surface area (Å²) in [5, 5.41) is 0. The SMILES string of the molecule is COc1ccc(C=O)cc1OC(C)C1CCCN(C)C1. The lowest BCUT2D eigenvalue weighted by Crippen LogP contribution is -2.39. The maximum Gasteiger partial charge on any atom is 0.162 e. The predicted octanol–water partition coefficient (Wildman–Crippen LogP) is 2.62. The molecule has 1 fully saturated rings. The molecule has 2 atom stereocenters. The molecule has 2 unspecified atom stereocenters. The zero-order chi connectivity index (χ0) is 14.5. The van der Waals surface area contributed by atoms with Gasteiger partial charge < -0.3 is 14.4 Å². The molecule has 4 heteroatoms. The van der Waals surface area contributed by atoms with E-state index in [1.165, 1.54) is 12.8 Å². The molecule has 1 heterocycles. The van der Waals surface area contributed by atoms with Crippen molar-refractivity contribution in [1.82, 2.24) is 4.90 Å². The topological polar surface area (TPSA) is 38.8 Å². The zero-order valence-electron chi connectivity index (χ0n) is 12.5. The Kier molecular flexibility index (Phi) is 5.01. The van der Waals surface area contributed by atoms with E-state index < -0.39 is 0 Å². The van der Waals surface area contributed by atoms with Gasteiger partial charge in [0.1, 0.15) is 12.4 Å². The number of carbonyl (C=O) groups is 1. The highest BCUT2D eigenvalue weighted by Crippen LogP contribution is 2.31. The number of nitrogens with zero attached hydrogens (tertiary/aromatic N) is 1. The van der Waals surface area contributed by atoms with E-state index in [0.717, 1.165) is 19.4 Å². The van der Waals surface area contributed by atoms with Gasteiger partial charge in [-0.05, 0) is 51.6 Å². The molecular weight excluding hydrogens is 254 g/mol. The summed E-state index contributed by atoms with van der Waals surface area (Å²) in [5.74, 6) is 1.84. The van der Waals surface area contributed by atoms with Crippen LogP contribution in [-0.2, 0) is 0 Å². The number of hydrogen-bond donors (Lipinski definition) is 0. The van der Waals surface area contributed by atoms with Crippen molar-refractivity contribution in [1.29, 1.82) is 0 Å². The molecule has 0 aliphatic carbocycles. The third-order valence-electron chi connectivity index (χ3n) is 3.96. The molecule has 0 spiro atoms. The lowest BCUT2D eigenvalue weighted by molar-refractivity contribution is 0.0876. The molecule has 1 saturated heterocycles. The van der Waals surface area contributed by atoms with Gasteiger partial charge in [0, 0.05) is 18.0 Å². The maximum absolute atomic E-state index is 10.9. The molecule has 0 bridgehead atoms. The number of carbonyl (C=O) groups excluding carboxylic acids is 1. The van der Waals surface area contributed by atoms with Gasteiger partial charge in [-0.2, -0.15) is 0 Å². The van der Waals surface area contributed by atoms with Crippen LogP contribution in [0.5, 0.6) is 11.5 Å². The molecule has 1 aliphatic heterocycles. The van der Waals surface area contributed by atoms with Gasteiger partial charge in [-0.1, -0.05) is 0 Å². The fourth-order valence-electron chi connectivity index (χ4n) is 2.74. The lowest BCUT2D eigenvalue weighted by atomic mass is 9.93. The Bertz CT molecular complexity index is 461. The van der Waals surface area contributed by atoms with Crippen molar-refractivity contribution in [3.63, 3.8) is 0 Å². The quantitative estimate of drug-likeness (QED) is 0.776. The molecule has 0 radical (unpaired) electrons. The normalized spacial score (nSPS) is 21.2. The highest BCUT2D eigenvalue weighted by Gasteiger charge is 2.24. The van der Waals surface area contributed by atoms with Gasteiger partial charge in [0.25, 0.3) is 0 Å². The molecule has 20 heavy (non-hydrogen) atoms. The molecule has 1 aromatic rings. The number of aldehydes is 1. The highest BCUT2D eigenvalue weighted by molar-refractivity contribution is 5.76. The van der Waals surface area contributed by atoms with E-state index in [2.05, 4.69) is 18.9 Å². The minimum atomic E-state index is 0.105. The molecule has 0 aromatic heterocycles. The summed E-state index contributed by atoms with van der Waals surface area (Å²) in [7, 11) is 3.76. The van der Waals surface area contributed by atoms with Crippen LogP contribution in [0, 0.1) is 5.92 Å². The van der Waals surface area contributed by atoms with Gasteiger partial charge in [0.15, 0.2) is 11.5 Å². The number of hydrogen-bond acceptors (Lipinski definition) is 4. The maximum atomic E-state index is 10.9. The summed E-state index contributed by atoms with van der Waals surface area (Å²) in [6, 6.07) is 5.26. The second-order valence-electron chi connectivity index (χ2n) is 5.52. The van der Waals surface area contributed by atoms with Crippen LogP contribution in [0.15, 0.2) is 18.2 Å². The molecule has 0 amide bonds. The summed E-state index contributed by atoms with van der Waals surface area (Å²) in [6.45, 7) is 4.31. The molecule has 1 aliphatic rings. The summed E-state index contributed by atoms with van der Waals surface area (Å²) in [4.78, 5) is 13.2. The first kappa shape index (κ1) is 14.9. The van der Waals surface area contributed by atoms with E-state index in [4.69, 9.17) is 9.47 Å². The zero-order valence-corrected chi connectivity index (χ0v) is 12.5. The van der Waals surface area contributed by atoms with Crippen LogP contribution in [0.1, 0.15) is 30.1 Å². The van der Waals surface area contributed by atoms with E-state index in [0.29, 0.717) is 23.0 Å². The van der Waals surface area contributed by atoms with Gasteiger partial charge >= 0.3 is 0 Å². The van der Waals surface area contributed by atoms with Crippen LogP contribution in [-0.4, -0.2) is 44.5 Å². The van der Waals surface area contributed by atoms with E-state index in [-0.39, 0.29) is 6.10 Å². The summed E-state index contributed by atoms with van der Waals surface area (Å²) in [6.07, 6.45) is 3.32. The molecule has 110 valence electrons. The van der Waals surface area contributed by atoms with Gasteiger partial charge in [0.05, 0.1) is 7.11 Å². The number of benzene rings is 1. The van der Waals surface area contributed by atoms with Gasteiger partial charge in [-0.15, -0.1) is 0 Å². The van der Waals surface area contributed by atoms with E-state index in [1.807, 2.05) is 0 Å². The highest BCUT2D eigenvalue weighted by atomic mass is 16.5. The molecule has 1 aromatic carbocycles. The molecule has 4 nitrogen and oxygen atoms in total. The monoisotopic (exact) mass is 277 g/mol. The van der Waals surface area contributed by atoms with E-state index in [1.54, 1.807) is 25.3 Å². The third kappa shape index (κ3) is 3.51. The van der Waals surface area contributed by atoms with Crippen molar-refractivity contribution in [3.05, 3.63) is 23.8 Å². The Labute approximate surface area is 120 Å². The Balaban J connectivity index is 2.09.